The first-order valence-corrected chi connectivity index (χ1v) is 7.62. The lowest BCUT2D eigenvalue weighted by molar-refractivity contribution is 0.0697. The third kappa shape index (κ3) is 3.57. The molecule has 2 rings (SSSR count). The lowest BCUT2D eigenvalue weighted by atomic mass is 10.2. The summed E-state index contributed by atoms with van der Waals surface area (Å²) in [6, 6.07) is 5.93. The molecule has 0 aliphatic heterocycles. The van der Waals surface area contributed by atoms with E-state index in [4.69, 9.17) is 9.84 Å². The molecule has 0 heterocycles. The van der Waals surface area contributed by atoms with Crippen LogP contribution in [0.4, 0.5) is 14.5 Å². The zero-order chi connectivity index (χ0) is 17.2. The van der Waals surface area contributed by atoms with Gasteiger partial charge in [0.05, 0.1) is 12.7 Å². The SMILES string of the molecule is COc1cc(F)cc(F)c1S(=O)(=O)Nc1ccc(C(=O)O)cc1. The van der Waals surface area contributed by atoms with Gasteiger partial charge in [0.25, 0.3) is 10.0 Å². The van der Waals surface area contributed by atoms with Crippen LogP contribution in [0.1, 0.15) is 10.4 Å². The Morgan fingerprint density at radius 2 is 1.78 bits per heavy atom. The van der Waals surface area contributed by atoms with Crippen LogP contribution in [0.2, 0.25) is 0 Å². The van der Waals surface area contributed by atoms with Crippen LogP contribution in [0, 0.1) is 11.6 Å². The molecule has 0 fully saturated rings. The van der Waals surface area contributed by atoms with E-state index >= 15 is 0 Å². The fourth-order valence-electron chi connectivity index (χ4n) is 1.84. The van der Waals surface area contributed by atoms with Gasteiger partial charge in [-0.3, -0.25) is 4.72 Å². The predicted octanol–water partition coefficient (Wildman–Crippen LogP) is 2.47. The molecule has 122 valence electrons. The summed E-state index contributed by atoms with van der Waals surface area (Å²) in [7, 11) is -3.32. The number of nitrogens with one attached hydrogen (secondary N) is 1. The molecule has 0 aliphatic carbocycles. The molecular formula is C14H11F2NO5S. The average Bonchev–Trinajstić information content (AvgIpc) is 2.45. The maximum Gasteiger partial charge on any atom is 0.335 e. The number of carboxylic acids is 1. The lowest BCUT2D eigenvalue weighted by Gasteiger charge is -2.12. The van der Waals surface area contributed by atoms with Crippen molar-refractivity contribution < 1.29 is 31.8 Å². The molecular weight excluding hydrogens is 332 g/mol. The Hall–Kier alpha value is -2.68. The Morgan fingerprint density at radius 3 is 2.30 bits per heavy atom. The van der Waals surface area contributed by atoms with Crippen LogP contribution in [0.15, 0.2) is 41.3 Å². The number of hydrogen-bond donors (Lipinski definition) is 2. The molecule has 2 aromatic carbocycles. The predicted molar refractivity (Wildman–Crippen MR) is 77.1 cm³/mol. The minimum absolute atomic E-state index is 0.0146. The normalized spacial score (nSPS) is 11.1. The summed E-state index contributed by atoms with van der Waals surface area (Å²) in [4.78, 5) is 9.89. The lowest BCUT2D eigenvalue weighted by Crippen LogP contribution is -2.16. The van der Waals surface area contributed by atoms with E-state index in [2.05, 4.69) is 4.72 Å². The van der Waals surface area contributed by atoms with Crippen LogP contribution < -0.4 is 9.46 Å². The van der Waals surface area contributed by atoms with Crippen molar-refractivity contribution in [3.63, 3.8) is 0 Å². The zero-order valence-electron chi connectivity index (χ0n) is 11.7. The van der Waals surface area contributed by atoms with Crippen molar-refractivity contribution in [2.45, 2.75) is 4.90 Å². The molecule has 23 heavy (non-hydrogen) atoms. The summed E-state index contributed by atoms with van der Waals surface area (Å²) < 4.78 is 58.3. The first-order valence-electron chi connectivity index (χ1n) is 6.14. The third-order valence-corrected chi connectivity index (χ3v) is 4.29. The highest BCUT2D eigenvalue weighted by atomic mass is 32.2. The van der Waals surface area contributed by atoms with Crippen molar-refractivity contribution >= 4 is 21.7 Å². The number of hydrogen-bond acceptors (Lipinski definition) is 4. The van der Waals surface area contributed by atoms with Crippen LogP contribution in [0.5, 0.6) is 5.75 Å². The summed E-state index contributed by atoms with van der Waals surface area (Å²) in [6.07, 6.45) is 0. The van der Waals surface area contributed by atoms with E-state index < -0.39 is 38.3 Å². The van der Waals surface area contributed by atoms with Gasteiger partial charge in [0.2, 0.25) is 0 Å². The minimum Gasteiger partial charge on any atom is -0.495 e. The summed E-state index contributed by atoms with van der Waals surface area (Å²) in [5.41, 5.74) is -0.0285. The molecule has 0 amide bonds. The van der Waals surface area contributed by atoms with Crippen LogP contribution in [0.25, 0.3) is 0 Å². The van der Waals surface area contributed by atoms with Gasteiger partial charge in [0.1, 0.15) is 17.4 Å². The Morgan fingerprint density at radius 1 is 1.17 bits per heavy atom. The standard InChI is InChI=1S/C14H11F2NO5S/c1-22-12-7-9(15)6-11(16)13(12)23(20,21)17-10-4-2-8(3-5-10)14(18)19/h2-7,17H,1H3,(H,18,19). The van der Waals surface area contributed by atoms with E-state index in [1.165, 1.54) is 24.3 Å². The van der Waals surface area contributed by atoms with E-state index in [1.807, 2.05) is 0 Å². The van der Waals surface area contributed by atoms with Crippen LogP contribution >= 0.6 is 0 Å². The van der Waals surface area contributed by atoms with Crippen molar-refractivity contribution in [3.8, 4) is 5.75 Å². The molecule has 0 radical (unpaired) electrons. The van der Waals surface area contributed by atoms with Crippen molar-refractivity contribution in [2.75, 3.05) is 11.8 Å². The molecule has 0 aliphatic rings. The van der Waals surface area contributed by atoms with Crippen molar-refractivity contribution in [1.82, 2.24) is 0 Å². The van der Waals surface area contributed by atoms with E-state index in [9.17, 15) is 22.0 Å². The smallest absolute Gasteiger partial charge is 0.335 e. The van der Waals surface area contributed by atoms with Crippen molar-refractivity contribution in [3.05, 3.63) is 53.6 Å². The molecule has 2 aromatic rings. The number of halogens is 2. The third-order valence-electron chi connectivity index (χ3n) is 2.85. The van der Waals surface area contributed by atoms with E-state index in [0.29, 0.717) is 6.07 Å². The van der Waals surface area contributed by atoms with Gasteiger partial charge in [0.15, 0.2) is 4.90 Å². The molecule has 9 heteroatoms. The molecule has 0 spiro atoms. The molecule has 0 saturated heterocycles. The molecule has 0 bridgehead atoms. The Kier molecular flexibility index (Phi) is 4.50. The van der Waals surface area contributed by atoms with Gasteiger partial charge in [-0.1, -0.05) is 0 Å². The number of carbonyl (C=O) groups is 1. The largest absolute Gasteiger partial charge is 0.495 e. The summed E-state index contributed by atoms with van der Waals surface area (Å²) in [5.74, 6) is -3.96. The highest BCUT2D eigenvalue weighted by Crippen LogP contribution is 2.29. The first kappa shape index (κ1) is 16.7. The highest BCUT2D eigenvalue weighted by molar-refractivity contribution is 7.92. The van der Waals surface area contributed by atoms with Crippen molar-refractivity contribution in [1.29, 1.82) is 0 Å². The first-order chi connectivity index (χ1) is 10.7. The fraction of sp³-hybridized carbons (Fsp3) is 0.0714. The van der Waals surface area contributed by atoms with Crippen LogP contribution in [0.3, 0.4) is 0 Å². The quantitative estimate of drug-likeness (QED) is 0.870. The topological polar surface area (TPSA) is 92.7 Å². The van der Waals surface area contributed by atoms with Crippen molar-refractivity contribution in [2.24, 2.45) is 0 Å². The molecule has 0 saturated carbocycles. The minimum atomic E-state index is -4.40. The van der Waals surface area contributed by atoms with Crippen LogP contribution in [-0.2, 0) is 10.0 Å². The molecule has 0 aromatic heterocycles. The van der Waals surface area contributed by atoms with E-state index in [1.54, 1.807) is 0 Å². The highest BCUT2D eigenvalue weighted by Gasteiger charge is 2.25. The molecule has 2 N–H and O–H groups in total. The van der Waals surface area contributed by atoms with Gasteiger partial charge in [-0.05, 0) is 24.3 Å². The molecule has 6 nitrogen and oxygen atoms in total. The number of aromatic carboxylic acids is 1. The molecule has 0 atom stereocenters. The molecule has 0 unspecified atom stereocenters. The van der Waals surface area contributed by atoms with Gasteiger partial charge in [-0.2, -0.15) is 0 Å². The maximum absolute atomic E-state index is 13.8. The number of carboxylic acid groups (broad SMARTS) is 1. The van der Waals surface area contributed by atoms with Gasteiger partial charge in [-0.15, -0.1) is 0 Å². The summed E-state index contributed by atoms with van der Waals surface area (Å²) in [6.45, 7) is 0. The number of methoxy groups -OCH3 is 1. The number of ether oxygens (including phenoxy) is 1. The van der Waals surface area contributed by atoms with Gasteiger partial charge < -0.3 is 9.84 Å². The second kappa shape index (κ2) is 6.21. The average molecular weight is 343 g/mol. The number of rotatable bonds is 5. The van der Waals surface area contributed by atoms with Gasteiger partial charge in [-0.25, -0.2) is 22.0 Å². The summed E-state index contributed by atoms with van der Waals surface area (Å²) in [5, 5.41) is 8.78. The van der Waals surface area contributed by atoms with E-state index in [0.717, 1.165) is 13.2 Å². The zero-order valence-corrected chi connectivity index (χ0v) is 12.5. The van der Waals surface area contributed by atoms with Gasteiger partial charge >= 0.3 is 5.97 Å². The Labute approximate surface area is 130 Å². The van der Waals surface area contributed by atoms with E-state index in [-0.39, 0.29) is 11.3 Å². The Bertz CT molecular complexity index is 850. The second-order valence-corrected chi connectivity index (χ2v) is 6.03. The fourth-order valence-corrected chi connectivity index (χ4v) is 3.11. The number of sulfonamides is 1. The Balaban J connectivity index is 2.41. The van der Waals surface area contributed by atoms with Crippen LogP contribution in [-0.4, -0.2) is 26.6 Å². The number of anilines is 1. The monoisotopic (exact) mass is 343 g/mol. The second-order valence-electron chi connectivity index (χ2n) is 4.41. The van der Waals surface area contributed by atoms with Gasteiger partial charge in [0, 0.05) is 17.8 Å². The number of benzene rings is 2. The summed E-state index contributed by atoms with van der Waals surface area (Å²) >= 11 is 0. The maximum atomic E-state index is 13.8.